The Kier molecular flexibility index (Phi) is 5.99. The Labute approximate surface area is 207 Å². The number of aryl methyl sites for hydroxylation is 1. The SMILES string of the molecule is Cc1cc(F)c(C(=O)Nc2cn(C(C)(C)C)nc2F)cc1-c1cc(N2CCOCC2)n2cncc2c1. The quantitative estimate of drug-likeness (QED) is 0.448. The van der Waals surface area contributed by atoms with Crippen molar-refractivity contribution in [2.45, 2.75) is 33.2 Å². The number of carbonyl (C=O) groups is 1. The van der Waals surface area contributed by atoms with Crippen LogP contribution in [0, 0.1) is 18.7 Å². The molecule has 4 heterocycles. The van der Waals surface area contributed by atoms with Gasteiger partial charge in [-0.1, -0.05) is 0 Å². The van der Waals surface area contributed by atoms with Gasteiger partial charge < -0.3 is 15.0 Å². The van der Waals surface area contributed by atoms with Gasteiger partial charge >= 0.3 is 0 Å². The third kappa shape index (κ3) is 4.44. The van der Waals surface area contributed by atoms with Crippen LogP contribution < -0.4 is 10.2 Å². The minimum atomic E-state index is -0.827. The van der Waals surface area contributed by atoms with Crippen molar-refractivity contribution in [1.82, 2.24) is 19.2 Å². The lowest BCUT2D eigenvalue weighted by molar-refractivity contribution is 0.102. The van der Waals surface area contributed by atoms with E-state index in [0.29, 0.717) is 24.3 Å². The van der Waals surface area contributed by atoms with E-state index < -0.39 is 23.2 Å². The molecule has 4 aromatic rings. The number of halogens is 2. The van der Waals surface area contributed by atoms with E-state index in [-0.39, 0.29) is 11.3 Å². The second-order valence-corrected chi connectivity index (χ2v) is 9.94. The lowest BCUT2D eigenvalue weighted by atomic mass is 9.97. The number of imidazole rings is 1. The first kappa shape index (κ1) is 23.9. The summed E-state index contributed by atoms with van der Waals surface area (Å²) in [4.78, 5) is 19.5. The van der Waals surface area contributed by atoms with Crippen molar-refractivity contribution >= 4 is 22.9 Å². The van der Waals surface area contributed by atoms with Gasteiger partial charge in [-0.3, -0.25) is 13.9 Å². The van der Waals surface area contributed by atoms with Crippen molar-refractivity contribution in [3.05, 3.63) is 65.9 Å². The van der Waals surface area contributed by atoms with Crippen LogP contribution in [0.5, 0.6) is 0 Å². The van der Waals surface area contributed by atoms with Gasteiger partial charge in [0, 0.05) is 13.1 Å². The summed E-state index contributed by atoms with van der Waals surface area (Å²) in [6.45, 7) is 10.1. The Morgan fingerprint density at radius 1 is 1.11 bits per heavy atom. The van der Waals surface area contributed by atoms with Crippen molar-refractivity contribution in [3.8, 4) is 11.1 Å². The predicted octanol–water partition coefficient (Wildman–Crippen LogP) is 4.63. The number of hydrogen-bond acceptors (Lipinski definition) is 5. The van der Waals surface area contributed by atoms with E-state index in [9.17, 15) is 13.6 Å². The second kappa shape index (κ2) is 9.02. The van der Waals surface area contributed by atoms with Crippen molar-refractivity contribution in [2.24, 2.45) is 0 Å². The van der Waals surface area contributed by atoms with Gasteiger partial charge in [0.1, 0.15) is 23.6 Å². The highest BCUT2D eigenvalue weighted by atomic mass is 19.1. The molecule has 36 heavy (non-hydrogen) atoms. The molecule has 0 radical (unpaired) electrons. The molecule has 10 heteroatoms. The molecule has 0 bridgehead atoms. The largest absolute Gasteiger partial charge is 0.378 e. The number of rotatable bonds is 4. The standard InChI is InChI=1S/C26H28F2N6O2/c1-16-9-21(27)20(25(35)30-22-14-34(26(2,3)4)31-24(22)28)12-19(16)17-10-18-13-29-15-33(18)23(11-17)32-5-7-36-8-6-32/h9-15H,5-8H2,1-4H3,(H,30,35). The van der Waals surface area contributed by atoms with Crippen LogP contribution in [-0.4, -0.2) is 51.4 Å². The van der Waals surface area contributed by atoms with E-state index in [1.54, 1.807) is 19.4 Å². The first-order valence-electron chi connectivity index (χ1n) is 11.8. The molecule has 1 aromatic carbocycles. The third-order valence-electron chi connectivity index (χ3n) is 6.31. The summed E-state index contributed by atoms with van der Waals surface area (Å²) in [5, 5.41) is 6.30. The highest BCUT2D eigenvalue weighted by Crippen LogP contribution is 2.32. The lowest BCUT2D eigenvalue weighted by Crippen LogP contribution is -2.37. The molecule has 1 N–H and O–H groups in total. The van der Waals surface area contributed by atoms with E-state index in [0.717, 1.165) is 30.0 Å². The predicted molar refractivity (Wildman–Crippen MR) is 133 cm³/mol. The number of benzene rings is 1. The molecular weight excluding hydrogens is 466 g/mol. The first-order valence-corrected chi connectivity index (χ1v) is 11.8. The number of anilines is 2. The van der Waals surface area contributed by atoms with Crippen molar-refractivity contribution < 1.29 is 18.3 Å². The molecule has 1 fully saturated rings. The van der Waals surface area contributed by atoms with Gasteiger partial charge in [-0.05, 0) is 68.7 Å². The molecule has 0 saturated carbocycles. The average Bonchev–Trinajstić information content (AvgIpc) is 3.45. The Bertz CT molecular complexity index is 1450. The number of aromatic nitrogens is 4. The van der Waals surface area contributed by atoms with Crippen LogP contribution in [0.15, 0.2) is 43.0 Å². The zero-order chi connectivity index (χ0) is 25.6. The molecule has 8 nitrogen and oxygen atoms in total. The molecule has 3 aromatic heterocycles. The van der Waals surface area contributed by atoms with Crippen LogP contribution in [0.3, 0.4) is 0 Å². The lowest BCUT2D eigenvalue weighted by Gasteiger charge is -2.30. The summed E-state index contributed by atoms with van der Waals surface area (Å²) in [5.74, 6) is -1.32. The fraction of sp³-hybridized carbons (Fsp3) is 0.346. The van der Waals surface area contributed by atoms with Gasteiger partial charge in [0.25, 0.3) is 11.9 Å². The van der Waals surface area contributed by atoms with Gasteiger partial charge in [-0.25, -0.2) is 9.37 Å². The summed E-state index contributed by atoms with van der Waals surface area (Å²) in [5.41, 5.74) is 2.31. The normalized spacial score (nSPS) is 14.4. The number of nitrogens with one attached hydrogen (secondary N) is 1. The Morgan fingerprint density at radius 3 is 2.56 bits per heavy atom. The van der Waals surface area contributed by atoms with Crippen LogP contribution in [0.2, 0.25) is 0 Å². The Hall–Kier alpha value is -3.79. The van der Waals surface area contributed by atoms with Gasteiger partial charge in [-0.2, -0.15) is 4.39 Å². The molecule has 0 spiro atoms. The smallest absolute Gasteiger partial charge is 0.258 e. The highest BCUT2D eigenvalue weighted by molar-refractivity contribution is 6.05. The van der Waals surface area contributed by atoms with E-state index in [4.69, 9.17) is 4.74 Å². The van der Waals surface area contributed by atoms with E-state index in [1.165, 1.54) is 23.0 Å². The Morgan fingerprint density at radius 2 is 1.86 bits per heavy atom. The van der Waals surface area contributed by atoms with Crippen molar-refractivity contribution in [3.63, 3.8) is 0 Å². The average molecular weight is 495 g/mol. The molecule has 1 aliphatic rings. The monoisotopic (exact) mass is 494 g/mol. The maximum Gasteiger partial charge on any atom is 0.258 e. The minimum Gasteiger partial charge on any atom is -0.378 e. The van der Waals surface area contributed by atoms with Gasteiger partial charge in [0.15, 0.2) is 0 Å². The maximum atomic E-state index is 15.0. The maximum absolute atomic E-state index is 15.0. The third-order valence-corrected chi connectivity index (χ3v) is 6.31. The molecular formula is C26H28F2N6O2. The number of nitrogens with zero attached hydrogens (tertiary/aromatic N) is 5. The summed E-state index contributed by atoms with van der Waals surface area (Å²) in [6.07, 6.45) is 4.92. The van der Waals surface area contributed by atoms with Gasteiger partial charge in [-0.15, -0.1) is 5.10 Å². The van der Waals surface area contributed by atoms with Crippen LogP contribution in [0.25, 0.3) is 16.6 Å². The molecule has 1 saturated heterocycles. The number of morpholine rings is 1. The molecule has 0 aliphatic carbocycles. The Balaban J connectivity index is 1.53. The second-order valence-electron chi connectivity index (χ2n) is 9.94. The van der Waals surface area contributed by atoms with Gasteiger partial charge in [0.05, 0.1) is 42.2 Å². The molecule has 188 valence electrons. The van der Waals surface area contributed by atoms with Crippen LogP contribution in [-0.2, 0) is 10.3 Å². The van der Waals surface area contributed by atoms with Crippen molar-refractivity contribution in [2.75, 3.05) is 36.5 Å². The zero-order valence-electron chi connectivity index (χ0n) is 20.7. The number of hydrogen-bond donors (Lipinski definition) is 1. The van der Waals surface area contributed by atoms with E-state index in [1.807, 2.05) is 37.3 Å². The van der Waals surface area contributed by atoms with E-state index in [2.05, 4.69) is 20.3 Å². The van der Waals surface area contributed by atoms with E-state index >= 15 is 0 Å². The van der Waals surface area contributed by atoms with Crippen LogP contribution >= 0.6 is 0 Å². The summed E-state index contributed by atoms with van der Waals surface area (Å²) < 4.78 is 38.3. The van der Waals surface area contributed by atoms with Gasteiger partial charge in [0.2, 0.25) is 0 Å². The van der Waals surface area contributed by atoms with Crippen LogP contribution in [0.1, 0.15) is 36.7 Å². The summed E-state index contributed by atoms with van der Waals surface area (Å²) in [7, 11) is 0. The number of amides is 1. The number of ether oxygens (including phenoxy) is 1. The topological polar surface area (TPSA) is 76.7 Å². The molecule has 0 unspecified atom stereocenters. The molecule has 1 aliphatic heterocycles. The number of carbonyl (C=O) groups excluding carboxylic acids is 1. The number of pyridine rings is 1. The fourth-order valence-electron chi connectivity index (χ4n) is 4.33. The minimum absolute atomic E-state index is 0.105. The molecule has 1 amide bonds. The summed E-state index contributed by atoms with van der Waals surface area (Å²) >= 11 is 0. The number of fused-ring (bicyclic) bond motifs is 1. The first-order chi connectivity index (χ1) is 17.1. The van der Waals surface area contributed by atoms with Crippen LogP contribution in [0.4, 0.5) is 20.3 Å². The fourth-order valence-corrected chi connectivity index (χ4v) is 4.33. The molecule has 5 rings (SSSR count). The molecule has 0 atom stereocenters. The highest BCUT2D eigenvalue weighted by Gasteiger charge is 2.23. The van der Waals surface area contributed by atoms with Crippen molar-refractivity contribution in [1.29, 1.82) is 0 Å². The summed E-state index contributed by atoms with van der Waals surface area (Å²) in [6, 6.07) is 6.80. The zero-order valence-corrected chi connectivity index (χ0v) is 20.7.